The second-order valence-corrected chi connectivity index (χ2v) is 5.69. The molecular formula is C16H21N5O. The zero-order valence-electron chi connectivity index (χ0n) is 12.7. The van der Waals surface area contributed by atoms with E-state index in [0.717, 1.165) is 36.9 Å². The van der Waals surface area contributed by atoms with Crippen LogP contribution in [0.15, 0.2) is 36.9 Å². The maximum atomic E-state index is 12.7. The van der Waals surface area contributed by atoms with Gasteiger partial charge >= 0.3 is 6.03 Å². The van der Waals surface area contributed by atoms with Gasteiger partial charge in [0.25, 0.3) is 0 Å². The highest BCUT2D eigenvalue weighted by Crippen LogP contribution is 2.30. The summed E-state index contributed by atoms with van der Waals surface area (Å²) in [7, 11) is 0. The number of carbonyl (C=O) groups excluding carboxylic acids is 1. The molecule has 0 aliphatic carbocycles. The summed E-state index contributed by atoms with van der Waals surface area (Å²) in [5.74, 6) is 0. The summed E-state index contributed by atoms with van der Waals surface area (Å²) in [5.41, 5.74) is 2.13. The number of pyridine rings is 1. The molecule has 2 amide bonds. The summed E-state index contributed by atoms with van der Waals surface area (Å²) in [6, 6.07) is 3.90. The van der Waals surface area contributed by atoms with Crippen molar-refractivity contribution in [3.05, 3.63) is 48.0 Å². The predicted molar refractivity (Wildman–Crippen MR) is 83.1 cm³/mol. The fourth-order valence-electron chi connectivity index (χ4n) is 2.97. The highest BCUT2D eigenvalue weighted by Gasteiger charge is 2.29. The van der Waals surface area contributed by atoms with Crippen molar-refractivity contribution in [2.45, 2.75) is 38.3 Å². The number of hydrogen-bond donors (Lipinski definition) is 2. The van der Waals surface area contributed by atoms with Crippen molar-refractivity contribution in [1.82, 2.24) is 25.4 Å². The van der Waals surface area contributed by atoms with E-state index < -0.39 is 0 Å². The van der Waals surface area contributed by atoms with E-state index in [4.69, 9.17) is 0 Å². The van der Waals surface area contributed by atoms with Gasteiger partial charge in [0, 0.05) is 30.7 Å². The summed E-state index contributed by atoms with van der Waals surface area (Å²) < 4.78 is 0. The monoisotopic (exact) mass is 299 g/mol. The van der Waals surface area contributed by atoms with Crippen LogP contribution in [0.25, 0.3) is 0 Å². The van der Waals surface area contributed by atoms with Crippen molar-refractivity contribution < 1.29 is 4.79 Å². The third-order valence-electron chi connectivity index (χ3n) is 4.21. The number of aromatic nitrogens is 3. The van der Waals surface area contributed by atoms with Crippen LogP contribution in [0.4, 0.5) is 4.79 Å². The quantitative estimate of drug-likeness (QED) is 0.915. The maximum Gasteiger partial charge on any atom is 0.318 e. The fraction of sp³-hybridized carbons (Fsp3) is 0.438. The molecule has 22 heavy (non-hydrogen) atoms. The number of hydrogen-bond acceptors (Lipinski definition) is 3. The lowest BCUT2D eigenvalue weighted by molar-refractivity contribution is 0.149. The van der Waals surface area contributed by atoms with Gasteiger partial charge < -0.3 is 10.2 Å². The Labute approximate surface area is 129 Å². The lowest BCUT2D eigenvalue weighted by atomic mass is 9.98. The number of likely N-dealkylation sites (tertiary alicyclic amines) is 1. The first-order valence-electron chi connectivity index (χ1n) is 7.71. The molecule has 0 bridgehead atoms. The molecule has 1 saturated heterocycles. The number of rotatable bonds is 3. The van der Waals surface area contributed by atoms with Crippen LogP contribution >= 0.6 is 0 Å². The van der Waals surface area contributed by atoms with Gasteiger partial charge in [-0.2, -0.15) is 5.10 Å². The Morgan fingerprint density at radius 1 is 1.41 bits per heavy atom. The molecule has 116 valence electrons. The summed E-state index contributed by atoms with van der Waals surface area (Å²) in [4.78, 5) is 18.6. The Morgan fingerprint density at radius 3 is 2.95 bits per heavy atom. The standard InChI is InChI=1S/C16H21N5O/c1-12(13-5-7-17-8-6-13)20-16(22)21-9-3-2-4-15(21)14-10-18-19-11-14/h5-8,10-12,15H,2-4,9H2,1H3,(H,18,19)(H,20,22). The first-order valence-corrected chi connectivity index (χ1v) is 7.71. The van der Waals surface area contributed by atoms with E-state index in [1.807, 2.05) is 36.4 Å². The van der Waals surface area contributed by atoms with Crippen LogP contribution in [-0.4, -0.2) is 32.7 Å². The smallest absolute Gasteiger partial charge is 0.318 e. The van der Waals surface area contributed by atoms with Gasteiger partial charge in [-0.1, -0.05) is 0 Å². The van der Waals surface area contributed by atoms with Crippen LogP contribution in [0.2, 0.25) is 0 Å². The molecule has 1 aliphatic heterocycles. The second kappa shape index (κ2) is 6.60. The first-order chi connectivity index (χ1) is 10.8. The van der Waals surface area contributed by atoms with Crippen molar-refractivity contribution in [2.24, 2.45) is 0 Å². The number of urea groups is 1. The van der Waals surface area contributed by atoms with E-state index >= 15 is 0 Å². The SMILES string of the molecule is CC(NC(=O)N1CCCCC1c1cn[nH]c1)c1ccncc1. The van der Waals surface area contributed by atoms with Crippen LogP contribution in [0, 0.1) is 0 Å². The van der Waals surface area contributed by atoms with Gasteiger partial charge in [-0.3, -0.25) is 10.1 Å². The van der Waals surface area contributed by atoms with Gasteiger partial charge in [0.1, 0.15) is 0 Å². The van der Waals surface area contributed by atoms with E-state index in [2.05, 4.69) is 20.5 Å². The number of nitrogens with one attached hydrogen (secondary N) is 2. The van der Waals surface area contributed by atoms with E-state index in [9.17, 15) is 4.79 Å². The lowest BCUT2D eigenvalue weighted by Gasteiger charge is -2.36. The molecule has 2 unspecified atom stereocenters. The Kier molecular flexibility index (Phi) is 4.37. The molecule has 2 atom stereocenters. The number of amides is 2. The Morgan fingerprint density at radius 2 is 2.23 bits per heavy atom. The number of piperidine rings is 1. The molecule has 1 fully saturated rings. The molecule has 6 heteroatoms. The molecule has 0 saturated carbocycles. The third-order valence-corrected chi connectivity index (χ3v) is 4.21. The minimum Gasteiger partial charge on any atom is -0.331 e. The minimum absolute atomic E-state index is 0.0183. The zero-order valence-corrected chi connectivity index (χ0v) is 12.7. The first kappa shape index (κ1) is 14.6. The summed E-state index contributed by atoms with van der Waals surface area (Å²) in [6.45, 7) is 2.77. The van der Waals surface area contributed by atoms with Crippen molar-refractivity contribution in [3.8, 4) is 0 Å². The van der Waals surface area contributed by atoms with Gasteiger partial charge in [-0.25, -0.2) is 4.79 Å². The van der Waals surface area contributed by atoms with Crippen molar-refractivity contribution in [1.29, 1.82) is 0 Å². The van der Waals surface area contributed by atoms with Crippen LogP contribution in [-0.2, 0) is 0 Å². The number of H-pyrrole nitrogens is 1. The number of nitrogens with zero attached hydrogens (tertiary/aromatic N) is 3. The van der Waals surface area contributed by atoms with E-state index in [1.54, 1.807) is 12.4 Å². The van der Waals surface area contributed by atoms with Gasteiger partial charge in [0.15, 0.2) is 0 Å². The molecule has 2 aromatic heterocycles. The lowest BCUT2D eigenvalue weighted by Crippen LogP contribution is -2.45. The summed E-state index contributed by atoms with van der Waals surface area (Å²) in [5, 5.41) is 9.93. The van der Waals surface area contributed by atoms with Gasteiger partial charge in [0.05, 0.1) is 18.3 Å². The maximum absolute atomic E-state index is 12.7. The molecule has 2 aromatic rings. The van der Waals surface area contributed by atoms with E-state index in [-0.39, 0.29) is 18.1 Å². The van der Waals surface area contributed by atoms with E-state index in [0.29, 0.717) is 0 Å². The normalized spacial score (nSPS) is 19.7. The average Bonchev–Trinajstić information content (AvgIpc) is 3.10. The molecule has 0 radical (unpaired) electrons. The Balaban J connectivity index is 1.70. The largest absolute Gasteiger partial charge is 0.331 e. The van der Waals surface area contributed by atoms with Crippen LogP contribution in [0.5, 0.6) is 0 Å². The summed E-state index contributed by atoms with van der Waals surface area (Å²) >= 11 is 0. The fourth-order valence-corrected chi connectivity index (χ4v) is 2.97. The Hall–Kier alpha value is -2.37. The Bertz CT molecular complexity index is 598. The predicted octanol–water partition coefficient (Wildman–Crippen LogP) is 2.80. The highest BCUT2D eigenvalue weighted by molar-refractivity contribution is 5.75. The molecule has 3 heterocycles. The van der Waals surface area contributed by atoms with Gasteiger partial charge in [-0.05, 0) is 43.9 Å². The number of aromatic amines is 1. The molecular weight excluding hydrogens is 278 g/mol. The molecule has 0 spiro atoms. The van der Waals surface area contributed by atoms with Gasteiger partial charge in [-0.15, -0.1) is 0 Å². The van der Waals surface area contributed by atoms with Crippen molar-refractivity contribution >= 4 is 6.03 Å². The van der Waals surface area contributed by atoms with E-state index in [1.165, 1.54) is 0 Å². The van der Waals surface area contributed by atoms with Crippen molar-refractivity contribution in [2.75, 3.05) is 6.54 Å². The molecule has 2 N–H and O–H groups in total. The van der Waals surface area contributed by atoms with Crippen LogP contribution in [0.3, 0.4) is 0 Å². The molecule has 0 aromatic carbocycles. The second-order valence-electron chi connectivity index (χ2n) is 5.69. The topological polar surface area (TPSA) is 73.9 Å². The highest BCUT2D eigenvalue weighted by atomic mass is 16.2. The molecule has 3 rings (SSSR count). The third kappa shape index (κ3) is 3.10. The van der Waals surface area contributed by atoms with Crippen LogP contribution in [0.1, 0.15) is 49.4 Å². The van der Waals surface area contributed by atoms with Gasteiger partial charge in [0.2, 0.25) is 0 Å². The zero-order chi connectivity index (χ0) is 15.4. The van der Waals surface area contributed by atoms with Crippen molar-refractivity contribution in [3.63, 3.8) is 0 Å². The molecule has 6 nitrogen and oxygen atoms in total. The average molecular weight is 299 g/mol. The number of carbonyl (C=O) groups is 1. The minimum atomic E-state index is -0.0394. The summed E-state index contributed by atoms with van der Waals surface area (Å²) in [6.07, 6.45) is 10.3. The van der Waals surface area contributed by atoms with Crippen LogP contribution < -0.4 is 5.32 Å². The molecule has 1 aliphatic rings.